The fourth-order valence-electron chi connectivity index (χ4n) is 2.92. The fraction of sp³-hybridized carbons (Fsp3) is 0.375. The van der Waals surface area contributed by atoms with E-state index in [0.29, 0.717) is 12.3 Å². The largest absolute Gasteiger partial charge is 0.497 e. The quantitative estimate of drug-likeness (QED) is 0.948. The molecule has 116 valence electrons. The van der Waals surface area contributed by atoms with Crippen LogP contribution < -0.4 is 4.74 Å². The summed E-state index contributed by atoms with van der Waals surface area (Å²) in [5.41, 5.74) is 1.04. The van der Waals surface area contributed by atoms with Crippen LogP contribution in [0.5, 0.6) is 5.75 Å². The Morgan fingerprint density at radius 1 is 1.45 bits per heavy atom. The van der Waals surface area contributed by atoms with E-state index >= 15 is 0 Å². The molecule has 0 bridgehead atoms. The second kappa shape index (κ2) is 6.17. The number of nitrogens with one attached hydrogen (secondary N) is 1. The lowest BCUT2D eigenvalue weighted by Crippen LogP contribution is -2.38. The Hall–Kier alpha value is -2.37. The highest BCUT2D eigenvalue weighted by molar-refractivity contribution is 5.95. The summed E-state index contributed by atoms with van der Waals surface area (Å²) in [4.78, 5) is 14.5. The Labute approximate surface area is 128 Å². The first-order valence-electron chi connectivity index (χ1n) is 7.34. The number of piperidine rings is 1. The highest BCUT2D eigenvalue weighted by Crippen LogP contribution is 2.32. The van der Waals surface area contributed by atoms with Crippen molar-refractivity contribution in [2.75, 3.05) is 13.7 Å². The van der Waals surface area contributed by atoms with Gasteiger partial charge in [0.05, 0.1) is 24.9 Å². The van der Waals surface area contributed by atoms with Crippen LogP contribution in [0.15, 0.2) is 30.6 Å². The lowest BCUT2D eigenvalue weighted by atomic mass is 9.96. The summed E-state index contributed by atoms with van der Waals surface area (Å²) < 4.78 is 19.1. The van der Waals surface area contributed by atoms with E-state index in [9.17, 15) is 9.18 Å². The number of benzene rings is 1. The molecule has 2 heterocycles. The standard InChI is InChI=1S/C16H18FN3O2/c1-22-12-5-6-13(14(17)8-12)16(21)20-7-3-2-4-15(20)11-9-18-19-10-11/h5-6,8-10,15H,2-4,7H2,1H3,(H,18,19)/t15-/m0/s1. The minimum atomic E-state index is -0.555. The maximum absolute atomic E-state index is 14.2. The number of carbonyl (C=O) groups is 1. The summed E-state index contributed by atoms with van der Waals surface area (Å²) in [7, 11) is 1.47. The molecule has 0 saturated carbocycles. The molecular weight excluding hydrogens is 285 g/mol. The number of hydrogen-bond acceptors (Lipinski definition) is 3. The van der Waals surface area contributed by atoms with Gasteiger partial charge in [0.25, 0.3) is 5.91 Å². The number of methoxy groups -OCH3 is 1. The van der Waals surface area contributed by atoms with E-state index in [0.717, 1.165) is 24.8 Å². The lowest BCUT2D eigenvalue weighted by molar-refractivity contribution is 0.0607. The first-order chi connectivity index (χ1) is 10.7. The van der Waals surface area contributed by atoms with Crippen molar-refractivity contribution in [2.24, 2.45) is 0 Å². The Morgan fingerprint density at radius 3 is 3.00 bits per heavy atom. The minimum absolute atomic E-state index is 0.0542. The fourth-order valence-corrected chi connectivity index (χ4v) is 2.92. The summed E-state index contributed by atoms with van der Waals surface area (Å²) in [5.74, 6) is -0.439. The lowest BCUT2D eigenvalue weighted by Gasteiger charge is -2.35. The molecule has 1 aromatic carbocycles. The zero-order valence-electron chi connectivity index (χ0n) is 12.4. The molecule has 1 saturated heterocycles. The van der Waals surface area contributed by atoms with Gasteiger partial charge in [0.1, 0.15) is 11.6 Å². The second-order valence-electron chi connectivity index (χ2n) is 5.39. The summed E-state index contributed by atoms with van der Waals surface area (Å²) in [5, 5.41) is 6.72. The zero-order chi connectivity index (χ0) is 15.5. The molecule has 3 rings (SSSR count). The predicted molar refractivity (Wildman–Crippen MR) is 79.2 cm³/mol. The van der Waals surface area contributed by atoms with Crippen molar-refractivity contribution < 1.29 is 13.9 Å². The van der Waals surface area contributed by atoms with Gasteiger partial charge in [-0.15, -0.1) is 0 Å². The second-order valence-corrected chi connectivity index (χ2v) is 5.39. The monoisotopic (exact) mass is 303 g/mol. The van der Waals surface area contributed by atoms with Crippen LogP contribution in [-0.4, -0.2) is 34.7 Å². The SMILES string of the molecule is COc1ccc(C(=O)N2CCCC[C@H]2c2cn[nH]c2)c(F)c1. The first kappa shape index (κ1) is 14.6. The molecule has 2 aromatic rings. The van der Waals surface area contributed by atoms with E-state index in [2.05, 4.69) is 10.2 Å². The van der Waals surface area contributed by atoms with E-state index in [1.807, 2.05) is 0 Å². The number of aromatic amines is 1. The van der Waals surface area contributed by atoms with Crippen molar-refractivity contribution in [3.8, 4) is 5.75 Å². The van der Waals surface area contributed by atoms with Crippen molar-refractivity contribution in [1.82, 2.24) is 15.1 Å². The number of hydrogen-bond donors (Lipinski definition) is 1. The molecule has 5 nitrogen and oxygen atoms in total. The third kappa shape index (κ3) is 2.68. The number of nitrogens with zero attached hydrogens (tertiary/aromatic N) is 2. The van der Waals surface area contributed by atoms with E-state index in [1.54, 1.807) is 23.4 Å². The highest BCUT2D eigenvalue weighted by atomic mass is 19.1. The van der Waals surface area contributed by atoms with E-state index < -0.39 is 5.82 Å². The number of carbonyl (C=O) groups excluding carboxylic acids is 1. The summed E-state index contributed by atoms with van der Waals surface area (Å²) in [6, 6.07) is 4.27. The third-order valence-electron chi connectivity index (χ3n) is 4.07. The first-order valence-corrected chi connectivity index (χ1v) is 7.34. The Bertz CT molecular complexity index is 657. The van der Waals surface area contributed by atoms with Crippen molar-refractivity contribution in [2.45, 2.75) is 25.3 Å². The van der Waals surface area contributed by atoms with Crippen LogP contribution in [0.3, 0.4) is 0 Å². The van der Waals surface area contributed by atoms with Crippen molar-refractivity contribution in [3.05, 3.63) is 47.5 Å². The van der Waals surface area contributed by atoms with Gasteiger partial charge in [-0.3, -0.25) is 9.89 Å². The predicted octanol–water partition coefficient (Wildman–Crippen LogP) is 2.92. The molecule has 1 atom stereocenters. The molecule has 1 aliphatic rings. The third-order valence-corrected chi connectivity index (χ3v) is 4.07. The molecule has 1 N–H and O–H groups in total. The number of halogens is 1. The van der Waals surface area contributed by atoms with Gasteiger partial charge < -0.3 is 9.64 Å². The van der Waals surface area contributed by atoms with Crippen LogP contribution in [0.2, 0.25) is 0 Å². The van der Waals surface area contributed by atoms with Crippen molar-refractivity contribution in [3.63, 3.8) is 0 Å². The van der Waals surface area contributed by atoms with Gasteiger partial charge in [-0.25, -0.2) is 4.39 Å². The van der Waals surface area contributed by atoms with Gasteiger partial charge in [-0.2, -0.15) is 5.10 Å². The maximum Gasteiger partial charge on any atom is 0.257 e. The normalized spacial score (nSPS) is 18.3. The number of ether oxygens (including phenoxy) is 1. The molecule has 6 heteroatoms. The van der Waals surface area contributed by atoms with Crippen molar-refractivity contribution >= 4 is 5.91 Å². The number of likely N-dealkylation sites (tertiary alicyclic amines) is 1. The van der Waals surface area contributed by atoms with Crippen LogP contribution in [0.1, 0.15) is 41.2 Å². The van der Waals surface area contributed by atoms with Gasteiger partial charge in [0.2, 0.25) is 0 Å². The Balaban J connectivity index is 1.89. The molecule has 1 fully saturated rings. The molecule has 1 amide bonds. The van der Waals surface area contributed by atoms with Crippen molar-refractivity contribution in [1.29, 1.82) is 0 Å². The zero-order valence-corrected chi connectivity index (χ0v) is 12.4. The van der Waals surface area contributed by atoms with Crippen LogP contribution in [0.4, 0.5) is 4.39 Å². The van der Waals surface area contributed by atoms with Gasteiger partial charge in [-0.1, -0.05) is 0 Å². The van der Waals surface area contributed by atoms with E-state index in [-0.39, 0.29) is 17.5 Å². The van der Waals surface area contributed by atoms with Crippen LogP contribution >= 0.6 is 0 Å². The molecule has 0 spiro atoms. The molecule has 1 aromatic heterocycles. The molecular formula is C16H18FN3O2. The Morgan fingerprint density at radius 2 is 2.32 bits per heavy atom. The smallest absolute Gasteiger partial charge is 0.257 e. The topological polar surface area (TPSA) is 58.2 Å². The van der Waals surface area contributed by atoms with Crippen LogP contribution in [0.25, 0.3) is 0 Å². The molecule has 0 aliphatic carbocycles. The minimum Gasteiger partial charge on any atom is -0.497 e. The van der Waals surface area contributed by atoms with E-state index in [4.69, 9.17) is 4.74 Å². The highest BCUT2D eigenvalue weighted by Gasteiger charge is 2.30. The van der Waals surface area contributed by atoms with Gasteiger partial charge in [0.15, 0.2) is 0 Å². The molecule has 1 aliphatic heterocycles. The molecule has 22 heavy (non-hydrogen) atoms. The number of rotatable bonds is 3. The van der Waals surface area contributed by atoms with E-state index in [1.165, 1.54) is 19.2 Å². The van der Waals surface area contributed by atoms with Gasteiger partial charge >= 0.3 is 0 Å². The summed E-state index contributed by atoms with van der Waals surface area (Å²) in [6.07, 6.45) is 6.35. The number of H-pyrrole nitrogens is 1. The van der Waals surface area contributed by atoms with Gasteiger partial charge in [0, 0.05) is 24.4 Å². The number of amides is 1. The van der Waals surface area contributed by atoms with Crippen LogP contribution in [0, 0.1) is 5.82 Å². The van der Waals surface area contributed by atoms with Gasteiger partial charge in [-0.05, 0) is 31.4 Å². The van der Waals surface area contributed by atoms with Crippen LogP contribution in [-0.2, 0) is 0 Å². The molecule has 0 unspecified atom stereocenters. The number of aromatic nitrogens is 2. The average Bonchev–Trinajstić information content (AvgIpc) is 3.08. The molecule has 0 radical (unpaired) electrons. The summed E-state index contributed by atoms with van der Waals surface area (Å²) in [6.45, 7) is 0.625. The Kier molecular flexibility index (Phi) is 4.09. The average molecular weight is 303 g/mol. The summed E-state index contributed by atoms with van der Waals surface area (Å²) >= 11 is 0. The maximum atomic E-state index is 14.2.